The number of nitrogens with zero attached hydrogens (tertiary/aromatic N) is 4. The maximum absolute atomic E-state index is 13.4. The molecule has 1 aliphatic heterocycles. The predicted octanol–water partition coefficient (Wildman–Crippen LogP) is 2.96. The van der Waals surface area contributed by atoms with Crippen LogP contribution < -0.4 is 5.32 Å². The zero-order valence-corrected chi connectivity index (χ0v) is 16.9. The van der Waals surface area contributed by atoms with Crippen LogP contribution in [-0.4, -0.2) is 52.4 Å². The van der Waals surface area contributed by atoms with E-state index in [0.29, 0.717) is 38.1 Å². The van der Waals surface area contributed by atoms with E-state index >= 15 is 0 Å². The Bertz CT molecular complexity index is 976. The summed E-state index contributed by atoms with van der Waals surface area (Å²) >= 11 is 0. The Labute approximate surface area is 175 Å². The zero-order valence-electron chi connectivity index (χ0n) is 16.9. The first kappa shape index (κ1) is 22.5. The van der Waals surface area contributed by atoms with Gasteiger partial charge in [-0.15, -0.1) is 0 Å². The number of benzene rings is 1. The summed E-state index contributed by atoms with van der Waals surface area (Å²) < 4.78 is 53.8. The van der Waals surface area contributed by atoms with E-state index in [-0.39, 0.29) is 18.8 Å². The van der Waals surface area contributed by atoms with Gasteiger partial charge in [0.1, 0.15) is 5.82 Å². The molecular formula is C19H21F4N5O3. The quantitative estimate of drug-likeness (QED) is 0.423. The summed E-state index contributed by atoms with van der Waals surface area (Å²) in [5.74, 6) is -1.40. The molecule has 0 saturated heterocycles. The molecular weight excluding hydrogens is 422 g/mol. The number of nitrogens with one attached hydrogen (secondary N) is 1. The Morgan fingerprint density at radius 2 is 2.13 bits per heavy atom. The molecule has 168 valence electrons. The van der Waals surface area contributed by atoms with Crippen LogP contribution >= 0.6 is 0 Å². The lowest BCUT2D eigenvalue weighted by Crippen LogP contribution is -2.39. The molecule has 12 heteroatoms. The Morgan fingerprint density at radius 1 is 1.39 bits per heavy atom. The highest BCUT2D eigenvalue weighted by molar-refractivity contribution is 5.89. The van der Waals surface area contributed by atoms with Gasteiger partial charge in [0.25, 0.3) is 0 Å². The molecule has 0 radical (unpaired) electrons. The standard InChI is InChI=1S/C19H21F4N5O3/c1-12-14-10-27(6-5-17(14)25-28(12)7-8-31-26(2)11-29)18(30)24-13-3-4-16(20)15(9-13)19(21,22)23/h3-4,9,11H,5-8,10H2,1-2H3,(H,24,30). The predicted molar refractivity (Wildman–Crippen MR) is 101 cm³/mol. The summed E-state index contributed by atoms with van der Waals surface area (Å²) in [4.78, 5) is 29.8. The van der Waals surface area contributed by atoms with Crippen molar-refractivity contribution in [3.8, 4) is 0 Å². The number of fused-ring (bicyclic) bond motifs is 1. The van der Waals surface area contributed by atoms with Crippen molar-refractivity contribution < 1.29 is 32.0 Å². The number of rotatable bonds is 6. The molecule has 31 heavy (non-hydrogen) atoms. The van der Waals surface area contributed by atoms with Crippen LogP contribution in [0.4, 0.5) is 28.0 Å². The van der Waals surface area contributed by atoms with Crippen LogP contribution in [0.2, 0.25) is 0 Å². The SMILES string of the molecule is Cc1c2c(nn1CCON(C)C=O)CCN(C(=O)Nc1ccc(F)c(C(F)(F)F)c1)C2. The van der Waals surface area contributed by atoms with E-state index < -0.39 is 23.6 Å². The van der Waals surface area contributed by atoms with Crippen molar-refractivity contribution in [2.24, 2.45) is 0 Å². The molecule has 0 aliphatic carbocycles. The number of carbonyl (C=O) groups excluding carboxylic acids is 2. The number of carbonyl (C=O) groups is 2. The second-order valence-corrected chi connectivity index (χ2v) is 7.01. The number of hydrogen-bond acceptors (Lipinski definition) is 4. The first-order valence-corrected chi connectivity index (χ1v) is 9.39. The highest BCUT2D eigenvalue weighted by Crippen LogP contribution is 2.33. The first-order chi connectivity index (χ1) is 14.6. The van der Waals surface area contributed by atoms with Crippen molar-refractivity contribution in [2.75, 3.05) is 25.5 Å². The maximum Gasteiger partial charge on any atom is 0.419 e. The second-order valence-electron chi connectivity index (χ2n) is 7.01. The smallest absolute Gasteiger partial charge is 0.320 e. The lowest BCUT2D eigenvalue weighted by molar-refractivity contribution is -0.164. The number of aromatic nitrogens is 2. The second kappa shape index (κ2) is 8.92. The fraction of sp³-hybridized carbons (Fsp3) is 0.421. The molecule has 0 unspecified atom stereocenters. The van der Waals surface area contributed by atoms with Gasteiger partial charge in [-0.1, -0.05) is 0 Å². The minimum Gasteiger partial charge on any atom is -0.320 e. The van der Waals surface area contributed by atoms with Crippen LogP contribution in [0.25, 0.3) is 0 Å². The number of hydroxylamine groups is 2. The van der Waals surface area contributed by atoms with E-state index in [4.69, 9.17) is 4.84 Å². The van der Waals surface area contributed by atoms with E-state index in [1.165, 1.54) is 11.9 Å². The Hall–Kier alpha value is -3.15. The summed E-state index contributed by atoms with van der Waals surface area (Å²) in [6.45, 7) is 3.03. The highest BCUT2D eigenvalue weighted by atomic mass is 19.4. The van der Waals surface area contributed by atoms with Crippen molar-refractivity contribution >= 4 is 18.1 Å². The summed E-state index contributed by atoms with van der Waals surface area (Å²) in [7, 11) is 1.48. The molecule has 1 N–H and O–H groups in total. The van der Waals surface area contributed by atoms with E-state index in [1.807, 2.05) is 6.92 Å². The third kappa shape index (κ3) is 5.13. The van der Waals surface area contributed by atoms with Crippen molar-refractivity contribution in [1.29, 1.82) is 0 Å². The van der Waals surface area contributed by atoms with Crippen LogP contribution in [0.1, 0.15) is 22.5 Å². The van der Waals surface area contributed by atoms with E-state index in [2.05, 4.69) is 10.4 Å². The van der Waals surface area contributed by atoms with Gasteiger partial charge in [0, 0.05) is 37.0 Å². The fourth-order valence-corrected chi connectivity index (χ4v) is 3.28. The van der Waals surface area contributed by atoms with Crippen molar-refractivity contribution in [3.63, 3.8) is 0 Å². The third-order valence-corrected chi connectivity index (χ3v) is 4.94. The normalized spacial score (nSPS) is 13.7. The van der Waals surface area contributed by atoms with Crippen LogP contribution in [0.3, 0.4) is 0 Å². The summed E-state index contributed by atoms with van der Waals surface area (Å²) in [6, 6.07) is 1.73. The summed E-state index contributed by atoms with van der Waals surface area (Å²) in [5, 5.41) is 7.95. The van der Waals surface area contributed by atoms with E-state index in [1.54, 1.807) is 4.68 Å². The molecule has 2 heterocycles. The molecule has 0 bridgehead atoms. The largest absolute Gasteiger partial charge is 0.419 e. The van der Waals surface area contributed by atoms with Crippen LogP contribution in [0.15, 0.2) is 18.2 Å². The van der Waals surface area contributed by atoms with Gasteiger partial charge in [0.2, 0.25) is 6.41 Å². The third-order valence-electron chi connectivity index (χ3n) is 4.94. The van der Waals surface area contributed by atoms with Gasteiger partial charge < -0.3 is 10.2 Å². The number of anilines is 1. The Morgan fingerprint density at radius 3 is 2.81 bits per heavy atom. The Kier molecular flexibility index (Phi) is 6.48. The lowest BCUT2D eigenvalue weighted by atomic mass is 10.1. The molecule has 1 aliphatic rings. The monoisotopic (exact) mass is 443 g/mol. The number of halogens is 4. The van der Waals surface area contributed by atoms with Crippen molar-refractivity contribution in [3.05, 3.63) is 46.5 Å². The number of amides is 3. The number of hydrogen-bond donors (Lipinski definition) is 1. The van der Waals surface area contributed by atoms with Gasteiger partial charge in [-0.25, -0.2) is 14.2 Å². The fourth-order valence-electron chi connectivity index (χ4n) is 3.28. The van der Waals surface area contributed by atoms with Gasteiger partial charge in [0.15, 0.2) is 0 Å². The van der Waals surface area contributed by atoms with E-state index in [0.717, 1.165) is 28.1 Å². The molecule has 2 aromatic rings. The summed E-state index contributed by atoms with van der Waals surface area (Å²) in [6.07, 6.45) is -3.85. The van der Waals surface area contributed by atoms with E-state index in [9.17, 15) is 27.2 Å². The lowest BCUT2D eigenvalue weighted by Gasteiger charge is -2.27. The molecule has 3 amide bonds. The molecule has 0 saturated carbocycles. The highest BCUT2D eigenvalue weighted by Gasteiger charge is 2.34. The zero-order chi connectivity index (χ0) is 22.8. The molecule has 1 aromatic carbocycles. The van der Waals surface area contributed by atoms with Crippen LogP contribution in [-0.2, 0) is 35.3 Å². The molecule has 1 aromatic heterocycles. The minimum atomic E-state index is -4.86. The molecule has 0 fully saturated rings. The van der Waals surface area contributed by atoms with Crippen molar-refractivity contribution in [2.45, 2.75) is 32.6 Å². The maximum atomic E-state index is 13.4. The molecule has 3 rings (SSSR count). The minimum absolute atomic E-state index is 0.145. The molecule has 0 spiro atoms. The Balaban J connectivity index is 1.67. The van der Waals surface area contributed by atoms with Gasteiger partial charge >= 0.3 is 12.2 Å². The molecule has 0 atom stereocenters. The number of alkyl halides is 3. The first-order valence-electron chi connectivity index (χ1n) is 9.39. The van der Waals surface area contributed by atoms with Gasteiger partial charge in [-0.05, 0) is 25.1 Å². The van der Waals surface area contributed by atoms with Crippen molar-refractivity contribution in [1.82, 2.24) is 19.7 Å². The van der Waals surface area contributed by atoms with Crippen LogP contribution in [0.5, 0.6) is 0 Å². The topological polar surface area (TPSA) is 79.7 Å². The number of urea groups is 1. The summed E-state index contributed by atoms with van der Waals surface area (Å²) in [5.41, 5.74) is 0.914. The molecule has 8 nitrogen and oxygen atoms in total. The van der Waals surface area contributed by atoms with Crippen LogP contribution in [0, 0.1) is 12.7 Å². The van der Waals surface area contributed by atoms with Gasteiger partial charge in [0.05, 0.1) is 31.0 Å². The average Bonchev–Trinajstić information content (AvgIpc) is 3.03. The average molecular weight is 443 g/mol. The van der Waals surface area contributed by atoms with Gasteiger partial charge in [-0.3, -0.25) is 14.3 Å². The van der Waals surface area contributed by atoms with Gasteiger partial charge in [-0.2, -0.15) is 18.3 Å².